The minimum Gasteiger partial charge on any atom is -0.481 e. The Morgan fingerprint density at radius 2 is 2.12 bits per heavy atom. The van der Waals surface area contributed by atoms with E-state index in [2.05, 4.69) is 5.32 Å². The van der Waals surface area contributed by atoms with Gasteiger partial charge in [0.1, 0.15) is 0 Å². The molecule has 0 heterocycles. The van der Waals surface area contributed by atoms with Gasteiger partial charge < -0.3 is 20.1 Å². The number of nitrogens with one attached hydrogen (secondary N) is 1. The lowest BCUT2D eigenvalue weighted by Gasteiger charge is -2.19. The summed E-state index contributed by atoms with van der Waals surface area (Å²) < 4.78 is 4.89. The molecule has 17 heavy (non-hydrogen) atoms. The maximum absolute atomic E-state index is 11.6. The number of rotatable bonds is 7. The molecule has 2 amide bonds. The van der Waals surface area contributed by atoms with Crippen molar-refractivity contribution in [3.05, 3.63) is 0 Å². The molecule has 6 heteroatoms. The molecule has 1 saturated carbocycles. The lowest BCUT2D eigenvalue weighted by molar-refractivity contribution is -0.143. The number of hydrogen-bond acceptors (Lipinski definition) is 3. The molecule has 6 nitrogen and oxygen atoms in total. The van der Waals surface area contributed by atoms with Crippen molar-refractivity contribution in [2.75, 3.05) is 33.9 Å². The van der Waals surface area contributed by atoms with Crippen LogP contribution in [-0.2, 0) is 9.53 Å². The number of hydrogen-bond donors (Lipinski definition) is 2. The van der Waals surface area contributed by atoms with Crippen molar-refractivity contribution in [1.82, 2.24) is 10.2 Å². The molecular formula is C11H20N2O4. The highest BCUT2D eigenvalue weighted by Gasteiger charge is 2.50. The molecule has 1 fully saturated rings. The molecule has 0 spiro atoms. The van der Waals surface area contributed by atoms with Crippen molar-refractivity contribution in [3.63, 3.8) is 0 Å². The number of ether oxygens (including phenoxy) is 1. The first-order chi connectivity index (χ1) is 8.02. The molecule has 0 saturated heterocycles. The second kappa shape index (κ2) is 5.86. The van der Waals surface area contributed by atoms with Crippen molar-refractivity contribution in [2.24, 2.45) is 5.41 Å². The molecule has 0 atom stereocenters. The summed E-state index contributed by atoms with van der Waals surface area (Å²) in [5.41, 5.74) is -0.705. The van der Waals surface area contributed by atoms with E-state index in [1.54, 1.807) is 14.2 Å². The molecule has 0 unspecified atom stereocenters. The van der Waals surface area contributed by atoms with E-state index >= 15 is 0 Å². The smallest absolute Gasteiger partial charge is 0.317 e. The summed E-state index contributed by atoms with van der Waals surface area (Å²) in [5.74, 6) is -0.820. The molecule has 0 aromatic carbocycles. The highest BCUT2D eigenvalue weighted by molar-refractivity contribution is 5.80. The molecule has 98 valence electrons. The molecule has 1 rings (SSSR count). The van der Waals surface area contributed by atoms with E-state index in [4.69, 9.17) is 9.84 Å². The molecule has 0 bridgehead atoms. The van der Waals surface area contributed by atoms with Crippen LogP contribution in [0, 0.1) is 5.41 Å². The fourth-order valence-corrected chi connectivity index (χ4v) is 1.54. The SMILES string of the molecule is COCCCN(C)C(=O)NCC1(C(=O)O)CC1. The zero-order valence-electron chi connectivity index (χ0n) is 10.4. The Kier molecular flexibility index (Phi) is 4.74. The van der Waals surface area contributed by atoms with Gasteiger partial charge in [0.2, 0.25) is 0 Å². The third-order valence-corrected chi connectivity index (χ3v) is 3.07. The molecule has 1 aliphatic carbocycles. The second-order valence-electron chi connectivity index (χ2n) is 4.51. The zero-order valence-corrected chi connectivity index (χ0v) is 10.4. The fraction of sp³-hybridized carbons (Fsp3) is 0.818. The molecule has 0 radical (unpaired) electrons. The first kappa shape index (κ1) is 13.8. The van der Waals surface area contributed by atoms with Crippen LogP contribution in [0.2, 0.25) is 0 Å². The van der Waals surface area contributed by atoms with Crippen LogP contribution < -0.4 is 5.32 Å². The summed E-state index contributed by atoms with van der Waals surface area (Å²) in [6, 6.07) is -0.228. The van der Waals surface area contributed by atoms with Gasteiger partial charge in [0.25, 0.3) is 0 Å². The Bertz CT molecular complexity index is 289. The number of carboxylic acids is 1. The average molecular weight is 244 g/mol. The highest BCUT2D eigenvalue weighted by Crippen LogP contribution is 2.45. The molecule has 0 aromatic heterocycles. The highest BCUT2D eigenvalue weighted by atomic mass is 16.5. The first-order valence-electron chi connectivity index (χ1n) is 5.73. The first-order valence-corrected chi connectivity index (χ1v) is 5.73. The Labute approximate surface area is 101 Å². The van der Waals surface area contributed by atoms with Crippen LogP contribution in [0.3, 0.4) is 0 Å². The molecular weight excluding hydrogens is 224 g/mol. The fourth-order valence-electron chi connectivity index (χ4n) is 1.54. The van der Waals surface area contributed by atoms with Gasteiger partial charge in [-0.2, -0.15) is 0 Å². The lowest BCUT2D eigenvalue weighted by atomic mass is 10.1. The summed E-state index contributed by atoms with van der Waals surface area (Å²) in [6.07, 6.45) is 2.07. The Balaban J connectivity index is 2.22. The monoisotopic (exact) mass is 244 g/mol. The molecule has 1 aliphatic rings. The van der Waals surface area contributed by atoms with E-state index in [0.29, 0.717) is 26.0 Å². The normalized spacial score (nSPS) is 16.4. The number of carbonyl (C=O) groups is 2. The number of methoxy groups -OCH3 is 1. The lowest BCUT2D eigenvalue weighted by Crippen LogP contribution is -2.42. The standard InChI is InChI=1S/C11H20N2O4/c1-13(6-3-7-17-2)10(16)12-8-11(4-5-11)9(14)15/h3-8H2,1-2H3,(H,12,16)(H,14,15). The second-order valence-corrected chi connectivity index (χ2v) is 4.51. The van der Waals surface area contributed by atoms with E-state index in [1.807, 2.05) is 0 Å². The summed E-state index contributed by atoms with van der Waals surface area (Å²) in [5, 5.41) is 11.6. The summed E-state index contributed by atoms with van der Waals surface area (Å²) in [7, 11) is 3.30. The zero-order chi connectivity index (χ0) is 12.9. The largest absolute Gasteiger partial charge is 0.481 e. The number of amides is 2. The number of carboxylic acid groups (broad SMARTS) is 1. The van der Waals surface area contributed by atoms with E-state index in [0.717, 1.165) is 6.42 Å². The maximum Gasteiger partial charge on any atom is 0.317 e. The van der Waals surface area contributed by atoms with Crippen molar-refractivity contribution in [3.8, 4) is 0 Å². The molecule has 2 N–H and O–H groups in total. The van der Waals surface area contributed by atoms with Gasteiger partial charge in [0.05, 0.1) is 5.41 Å². The predicted octanol–water partition coefficient (Wildman–Crippen LogP) is 0.529. The van der Waals surface area contributed by atoms with Gasteiger partial charge in [-0.1, -0.05) is 0 Å². The van der Waals surface area contributed by atoms with E-state index < -0.39 is 11.4 Å². The quantitative estimate of drug-likeness (QED) is 0.640. The maximum atomic E-state index is 11.6. The van der Waals surface area contributed by atoms with Gasteiger partial charge in [0, 0.05) is 33.9 Å². The van der Waals surface area contributed by atoms with Gasteiger partial charge >= 0.3 is 12.0 Å². The third kappa shape index (κ3) is 3.89. The predicted molar refractivity (Wildman–Crippen MR) is 61.8 cm³/mol. The van der Waals surface area contributed by atoms with Crippen molar-refractivity contribution in [2.45, 2.75) is 19.3 Å². The number of urea groups is 1. The topological polar surface area (TPSA) is 78.9 Å². The van der Waals surface area contributed by atoms with Crippen LogP contribution in [-0.4, -0.2) is 55.9 Å². The van der Waals surface area contributed by atoms with Gasteiger partial charge in [-0.25, -0.2) is 4.79 Å². The molecule has 0 aliphatic heterocycles. The van der Waals surface area contributed by atoms with Gasteiger partial charge in [-0.15, -0.1) is 0 Å². The Hall–Kier alpha value is -1.30. The Morgan fingerprint density at radius 3 is 2.59 bits per heavy atom. The van der Waals surface area contributed by atoms with Crippen molar-refractivity contribution in [1.29, 1.82) is 0 Å². The number of nitrogens with zero attached hydrogens (tertiary/aromatic N) is 1. The van der Waals surface area contributed by atoms with Crippen LogP contribution in [0.4, 0.5) is 4.79 Å². The van der Waals surface area contributed by atoms with Crippen LogP contribution in [0.5, 0.6) is 0 Å². The number of carbonyl (C=O) groups excluding carboxylic acids is 1. The van der Waals surface area contributed by atoms with Crippen LogP contribution >= 0.6 is 0 Å². The summed E-state index contributed by atoms with van der Waals surface area (Å²) >= 11 is 0. The Morgan fingerprint density at radius 1 is 1.47 bits per heavy atom. The van der Waals surface area contributed by atoms with Gasteiger partial charge in [-0.05, 0) is 19.3 Å². The van der Waals surface area contributed by atoms with Crippen molar-refractivity contribution >= 4 is 12.0 Å². The molecule has 0 aromatic rings. The van der Waals surface area contributed by atoms with E-state index in [1.165, 1.54) is 4.90 Å². The minimum absolute atomic E-state index is 0.218. The minimum atomic E-state index is -0.820. The van der Waals surface area contributed by atoms with E-state index in [-0.39, 0.29) is 12.6 Å². The summed E-state index contributed by atoms with van der Waals surface area (Å²) in [6.45, 7) is 1.42. The summed E-state index contributed by atoms with van der Waals surface area (Å²) in [4.78, 5) is 24.0. The van der Waals surface area contributed by atoms with Gasteiger partial charge in [-0.3, -0.25) is 4.79 Å². The van der Waals surface area contributed by atoms with Crippen LogP contribution in [0.25, 0.3) is 0 Å². The van der Waals surface area contributed by atoms with Crippen molar-refractivity contribution < 1.29 is 19.4 Å². The third-order valence-electron chi connectivity index (χ3n) is 3.07. The van der Waals surface area contributed by atoms with Crippen LogP contribution in [0.15, 0.2) is 0 Å². The average Bonchev–Trinajstić information content (AvgIpc) is 3.07. The van der Waals surface area contributed by atoms with Gasteiger partial charge in [0.15, 0.2) is 0 Å². The number of aliphatic carboxylic acids is 1. The van der Waals surface area contributed by atoms with Crippen LogP contribution in [0.1, 0.15) is 19.3 Å². The van der Waals surface area contributed by atoms with E-state index in [9.17, 15) is 9.59 Å².